The number of aromatic nitrogens is 1. The molecule has 0 aromatic carbocycles. The molecule has 7 heteroatoms. The summed E-state index contributed by atoms with van der Waals surface area (Å²) in [6, 6.07) is 7.01. The third kappa shape index (κ3) is 2.94. The molecule has 7 nitrogen and oxygen atoms in total. The Morgan fingerprint density at radius 1 is 1.15 bits per heavy atom. The van der Waals surface area contributed by atoms with Crippen molar-refractivity contribution in [1.82, 2.24) is 9.47 Å². The highest BCUT2D eigenvalue weighted by atomic mass is 16.4. The number of furan rings is 1. The molecule has 2 bridgehead atoms. The Bertz CT molecular complexity index is 899. The molecule has 2 atom stereocenters. The van der Waals surface area contributed by atoms with Crippen LogP contribution in [0.2, 0.25) is 0 Å². The summed E-state index contributed by atoms with van der Waals surface area (Å²) in [5, 5.41) is 10.6. The van der Waals surface area contributed by atoms with E-state index in [0.29, 0.717) is 25.4 Å². The highest BCUT2D eigenvalue weighted by Crippen LogP contribution is 2.40. The first-order valence-electron chi connectivity index (χ1n) is 8.78. The number of piperidine rings is 1. The lowest BCUT2D eigenvalue weighted by Gasteiger charge is -2.43. The maximum absolute atomic E-state index is 12.4. The molecular formula is C19H19N2O5-. The van der Waals surface area contributed by atoms with Crippen LogP contribution in [0.25, 0.3) is 11.3 Å². The van der Waals surface area contributed by atoms with E-state index in [0.717, 1.165) is 17.7 Å². The summed E-state index contributed by atoms with van der Waals surface area (Å²) in [4.78, 5) is 37.1. The topological polar surface area (TPSA) is 95.6 Å². The molecule has 136 valence electrons. The zero-order valence-corrected chi connectivity index (χ0v) is 14.2. The van der Waals surface area contributed by atoms with E-state index < -0.39 is 5.97 Å². The fourth-order valence-electron chi connectivity index (χ4n) is 4.23. The van der Waals surface area contributed by atoms with E-state index in [-0.39, 0.29) is 36.1 Å². The van der Waals surface area contributed by atoms with Gasteiger partial charge in [-0.3, -0.25) is 9.59 Å². The normalized spacial score (nSPS) is 21.3. The average molecular weight is 355 g/mol. The van der Waals surface area contributed by atoms with Crippen molar-refractivity contribution in [2.24, 2.45) is 5.92 Å². The highest BCUT2D eigenvalue weighted by Gasteiger charge is 2.37. The van der Waals surface area contributed by atoms with Crippen molar-refractivity contribution in [2.75, 3.05) is 13.1 Å². The van der Waals surface area contributed by atoms with Crippen molar-refractivity contribution in [3.05, 3.63) is 46.6 Å². The van der Waals surface area contributed by atoms with Crippen LogP contribution in [-0.4, -0.2) is 34.4 Å². The van der Waals surface area contributed by atoms with Crippen LogP contribution >= 0.6 is 0 Å². The number of hydrogen-bond acceptors (Lipinski definition) is 5. The molecule has 0 radical (unpaired) electrons. The quantitative estimate of drug-likeness (QED) is 0.800. The number of carboxylic acid groups (broad SMARTS) is 1. The van der Waals surface area contributed by atoms with Crippen LogP contribution in [0.3, 0.4) is 0 Å². The molecule has 1 fully saturated rings. The first-order chi connectivity index (χ1) is 12.5. The van der Waals surface area contributed by atoms with Crippen molar-refractivity contribution in [2.45, 2.75) is 31.7 Å². The van der Waals surface area contributed by atoms with E-state index >= 15 is 0 Å². The van der Waals surface area contributed by atoms with Crippen LogP contribution in [0.1, 0.15) is 30.9 Å². The zero-order valence-electron chi connectivity index (χ0n) is 14.2. The van der Waals surface area contributed by atoms with Crippen molar-refractivity contribution < 1.29 is 19.1 Å². The van der Waals surface area contributed by atoms with E-state index in [2.05, 4.69) is 0 Å². The predicted octanol–water partition coefficient (Wildman–Crippen LogP) is 0.584. The number of hydrogen-bond donors (Lipinski definition) is 0. The molecule has 1 saturated heterocycles. The van der Waals surface area contributed by atoms with Crippen LogP contribution < -0.4 is 10.7 Å². The van der Waals surface area contributed by atoms with E-state index in [1.807, 2.05) is 6.07 Å². The van der Waals surface area contributed by atoms with E-state index in [4.69, 9.17) is 4.42 Å². The number of fused-ring (bicyclic) bond motifs is 4. The van der Waals surface area contributed by atoms with E-state index in [9.17, 15) is 19.5 Å². The largest absolute Gasteiger partial charge is 0.550 e. The summed E-state index contributed by atoms with van der Waals surface area (Å²) in [6.07, 6.45) is 2.19. The van der Waals surface area contributed by atoms with Gasteiger partial charge in [-0.15, -0.1) is 0 Å². The number of amides is 1. The summed E-state index contributed by atoms with van der Waals surface area (Å²) in [7, 11) is 0. The number of pyridine rings is 1. The summed E-state index contributed by atoms with van der Waals surface area (Å²) in [5.41, 5.74) is 1.74. The minimum absolute atomic E-state index is 0.0309. The molecule has 0 saturated carbocycles. The number of aliphatic carboxylic acids is 1. The van der Waals surface area contributed by atoms with Gasteiger partial charge in [0.05, 0.1) is 6.26 Å². The molecule has 0 spiro atoms. The van der Waals surface area contributed by atoms with Crippen LogP contribution in [0.5, 0.6) is 0 Å². The van der Waals surface area contributed by atoms with Crippen molar-refractivity contribution >= 4 is 11.9 Å². The Balaban J connectivity index is 1.67. The Morgan fingerprint density at radius 3 is 2.73 bits per heavy atom. The standard InChI is InChI=1S/C19H20N2O5/c22-16(5-6-18(24)25)20-9-12-8-13(11-20)19-14(15-2-1-7-26-15)3-4-17(23)21(19)10-12/h1-4,7,12-13H,5-6,8-11H2,(H,24,25)/p-1/t12-,13+/m0/s1. The molecule has 0 unspecified atom stereocenters. The van der Waals surface area contributed by atoms with Crippen molar-refractivity contribution in [1.29, 1.82) is 0 Å². The fraction of sp³-hybridized carbons (Fsp3) is 0.421. The summed E-state index contributed by atoms with van der Waals surface area (Å²) >= 11 is 0. The number of carbonyl (C=O) groups is 2. The Kier molecular flexibility index (Phi) is 4.14. The molecule has 0 aliphatic carbocycles. The monoisotopic (exact) mass is 355 g/mol. The second kappa shape index (κ2) is 6.48. The smallest absolute Gasteiger partial charge is 0.250 e. The first kappa shape index (κ1) is 16.6. The molecule has 26 heavy (non-hydrogen) atoms. The van der Waals surface area contributed by atoms with Gasteiger partial charge in [0.1, 0.15) is 5.76 Å². The lowest BCUT2D eigenvalue weighted by atomic mass is 9.81. The van der Waals surface area contributed by atoms with Gasteiger partial charge in [0.2, 0.25) is 5.91 Å². The summed E-state index contributed by atoms with van der Waals surface area (Å²) in [5.74, 6) is -0.462. The number of rotatable bonds is 4. The maximum Gasteiger partial charge on any atom is 0.250 e. The van der Waals surface area contributed by atoms with Gasteiger partial charge >= 0.3 is 0 Å². The third-order valence-corrected chi connectivity index (χ3v) is 5.27. The molecule has 2 aromatic heterocycles. The average Bonchev–Trinajstić information content (AvgIpc) is 3.14. The maximum atomic E-state index is 12.4. The van der Waals surface area contributed by atoms with Gasteiger partial charge in [-0.2, -0.15) is 0 Å². The number of carboxylic acids is 1. The minimum Gasteiger partial charge on any atom is -0.550 e. The van der Waals surface area contributed by atoms with Gasteiger partial charge in [0.15, 0.2) is 0 Å². The van der Waals surface area contributed by atoms with Crippen LogP contribution in [0.4, 0.5) is 0 Å². The molecule has 2 aliphatic rings. The molecular weight excluding hydrogens is 336 g/mol. The SMILES string of the molecule is O=C([O-])CCC(=O)N1C[C@@H]2C[C@H](C1)c1c(-c3ccco3)ccc(=O)n1C2. The molecule has 2 aliphatic heterocycles. The number of nitrogens with zero attached hydrogens (tertiary/aromatic N) is 2. The van der Waals surface area contributed by atoms with Crippen LogP contribution in [-0.2, 0) is 16.1 Å². The lowest BCUT2D eigenvalue weighted by molar-refractivity contribution is -0.305. The van der Waals surface area contributed by atoms with E-state index in [1.54, 1.807) is 33.9 Å². The van der Waals surface area contributed by atoms with Gasteiger partial charge in [-0.1, -0.05) is 0 Å². The predicted molar refractivity (Wildman–Crippen MR) is 90.1 cm³/mol. The van der Waals surface area contributed by atoms with Gasteiger partial charge in [-0.05, 0) is 37.0 Å². The van der Waals surface area contributed by atoms with Gasteiger partial charge in [0.25, 0.3) is 5.56 Å². The highest BCUT2D eigenvalue weighted by molar-refractivity contribution is 5.80. The van der Waals surface area contributed by atoms with Crippen molar-refractivity contribution in [3.63, 3.8) is 0 Å². The molecule has 2 aromatic rings. The molecule has 1 amide bonds. The Hall–Kier alpha value is -2.83. The third-order valence-electron chi connectivity index (χ3n) is 5.27. The van der Waals surface area contributed by atoms with E-state index in [1.165, 1.54) is 0 Å². The Morgan fingerprint density at radius 2 is 2.00 bits per heavy atom. The fourth-order valence-corrected chi connectivity index (χ4v) is 4.23. The summed E-state index contributed by atoms with van der Waals surface area (Å²) < 4.78 is 7.34. The van der Waals surface area contributed by atoms with Gasteiger partial charge < -0.3 is 23.8 Å². The molecule has 4 rings (SSSR count). The second-order valence-corrected chi connectivity index (χ2v) is 7.03. The first-order valence-corrected chi connectivity index (χ1v) is 8.78. The van der Waals surface area contributed by atoms with Gasteiger partial charge in [0, 0.05) is 55.3 Å². The lowest BCUT2D eigenvalue weighted by Crippen LogP contribution is -2.49. The second-order valence-electron chi connectivity index (χ2n) is 7.03. The number of likely N-dealkylation sites (tertiary alicyclic amines) is 1. The summed E-state index contributed by atoms with van der Waals surface area (Å²) in [6.45, 7) is 1.60. The minimum atomic E-state index is -1.22. The van der Waals surface area contributed by atoms with Gasteiger partial charge in [-0.25, -0.2) is 0 Å². The molecule has 0 N–H and O–H groups in total. The Labute approximate surface area is 149 Å². The zero-order chi connectivity index (χ0) is 18.3. The number of carbonyl (C=O) groups excluding carboxylic acids is 2. The van der Waals surface area contributed by atoms with Crippen LogP contribution in [0, 0.1) is 5.92 Å². The van der Waals surface area contributed by atoms with Crippen LogP contribution in [0.15, 0.2) is 39.7 Å². The molecule has 4 heterocycles. The van der Waals surface area contributed by atoms with Crippen molar-refractivity contribution in [3.8, 4) is 11.3 Å².